The Kier molecular flexibility index (Phi) is 2.23. The van der Waals surface area contributed by atoms with E-state index in [0.29, 0.717) is 11.1 Å². The molecular weight excluding hydrogens is 223 g/mol. The number of para-hydroxylation sites is 1. The number of hydrogen-bond donors (Lipinski definition) is 1. The van der Waals surface area contributed by atoms with Crippen LogP contribution in [0.5, 0.6) is 0 Å². The van der Waals surface area contributed by atoms with Gasteiger partial charge in [0.25, 0.3) is 0 Å². The molecular formula is C13H9FO3. The lowest BCUT2D eigenvalue weighted by Crippen LogP contribution is -1.95. The van der Waals surface area contributed by atoms with Gasteiger partial charge in [-0.25, -0.2) is 4.39 Å². The fraction of sp³-hybridized carbons (Fsp3) is 0.0769. The first kappa shape index (κ1) is 10.1. The van der Waals surface area contributed by atoms with Crippen molar-refractivity contribution >= 4 is 11.0 Å². The van der Waals surface area contributed by atoms with E-state index in [0.717, 1.165) is 0 Å². The van der Waals surface area contributed by atoms with Crippen LogP contribution in [0.1, 0.15) is 17.6 Å². The van der Waals surface area contributed by atoms with E-state index < -0.39 is 11.9 Å². The Morgan fingerprint density at radius 3 is 2.71 bits per heavy atom. The summed E-state index contributed by atoms with van der Waals surface area (Å²) < 4.78 is 23.8. The summed E-state index contributed by atoms with van der Waals surface area (Å²) in [6.45, 7) is 0. The van der Waals surface area contributed by atoms with Crippen LogP contribution in [-0.4, -0.2) is 5.11 Å². The molecule has 0 saturated heterocycles. The van der Waals surface area contributed by atoms with Crippen LogP contribution in [0, 0.1) is 5.82 Å². The Bertz CT molecular complexity index is 640. The van der Waals surface area contributed by atoms with Gasteiger partial charge in [0.05, 0.1) is 6.26 Å². The van der Waals surface area contributed by atoms with Crippen molar-refractivity contribution in [1.82, 2.24) is 0 Å². The lowest BCUT2D eigenvalue weighted by molar-refractivity contribution is 0.164. The number of benzene rings is 1. The molecule has 86 valence electrons. The van der Waals surface area contributed by atoms with E-state index in [4.69, 9.17) is 8.83 Å². The van der Waals surface area contributed by atoms with Gasteiger partial charge in [0, 0.05) is 5.39 Å². The van der Waals surface area contributed by atoms with Gasteiger partial charge in [-0.1, -0.05) is 12.1 Å². The van der Waals surface area contributed by atoms with Gasteiger partial charge in [0.2, 0.25) is 0 Å². The topological polar surface area (TPSA) is 46.5 Å². The lowest BCUT2D eigenvalue weighted by Gasteiger charge is -2.02. The summed E-state index contributed by atoms with van der Waals surface area (Å²) in [5, 5.41) is 10.6. The molecule has 2 aromatic heterocycles. The van der Waals surface area contributed by atoms with Crippen molar-refractivity contribution in [3.63, 3.8) is 0 Å². The van der Waals surface area contributed by atoms with Gasteiger partial charge < -0.3 is 13.9 Å². The molecule has 0 amide bonds. The van der Waals surface area contributed by atoms with Crippen molar-refractivity contribution in [2.24, 2.45) is 0 Å². The third kappa shape index (κ3) is 1.62. The summed E-state index contributed by atoms with van der Waals surface area (Å²) in [4.78, 5) is 0. The summed E-state index contributed by atoms with van der Waals surface area (Å²) in [7, 11) is 0. The molecule has 17 heavy (non-hydrogen) atoms. The molecule has 4 heteroatoms. The molecule has 1 atom stereocenters. The Balaban J connectivity index is 2.10. The van der Waals surface area contributed by atoms with E-state index in [1.807, 2.05) is 0 Å². The summed E-state index contributed by atoms with van der Waals surface area (Å²) in [5.41, 5.74) is 0.146. The normalized spacial score (nSPS) is 13.1. The average Bonchev–Trinajstić information content (AvgIpc) is 2.98. The van der Waals surface area contributed by atoms with Gasteiger partial charge in [0.15, 0.2) is 17.5 Å². The number of furan rings is 2. The van der Waals surface area contributed by atoms with Crippen LogP contribution in [0.25, 0.3) is 11.0 Å². The number of aliphatic hydroxyl groups is 1. The fourth-order valence-corrected chi connectivity index (χ4v) is 1.77. The second-order valence-corrected chi connectivity index (χ2v) is 3.72. The molecule has 1 aromatic carbocycles. The highest BCUT2D eigenvalue weighted by Gasteiger charge is 2.18. The zero-order valence-corrected chi connectivity index (χ0v) is 8.76. The zero-order valence-electron chi connectivity index (χ0n) is 8.76. The number of halogens is 1. The first-order chi connectivity index (χ1) is 8.25. The number of hydrogen-bond acceptors (Lipinski definition) is 3. The third-order valence-corrected chi connectivity index (χ3v) is 2.60. The molecule has 2 heterocycles. The Morgan fingerprint density at radius 1 is 1.12 bits per heavy atom. The molecule has 0 aliphatic heterocycles. The SMILES string of the molecule is OC(c1ccco1)c1cc2cccc(F)c2o1. The van der Waals surface area contributed by atoms with Crippen molar-refractivity contribution < 1.29 is 18.3 Å². The molecule has 3 nitrogen and oxygen atoms in total. The molecule has 0 saturated carbocycles. The second kappa shape index (κ2) is 3.75. The van der Waals surface area contributed by atoms with Crippen molar-refractivity contribution in [3.05, 3.63) is 60.0 Å². The highest BCUT2D eigenvalue weighted by atomic mass is 19.1. The van der Waals surface area contributed by atoms with Gasteiger partial charge in [-0.3, -0.25) is 0 Å². The van der Waals surface area contributed by atoms with Crippen LogP contribution in [0.3, 0.4) is 0 Å². The van der Waals surface area contributed by atoms with Gasteiger partial charge in [-0.15, -0.1) is 0 Å². The minimum Gasteiger partial charge on any atom is -0.466 e. The first-order valence-electron chi connectivity index (χ1n) is 5.15. The maximum atomic E-state index is 13.4. The Hall–Kier alpha value is -2.07. The summed E-state index contributed by atoms with van der Waals surface area (Å²) in [6, 6.07) is 9.53. The van der Waals surface area contributed by atoms with E-state index in [9.17, 15) is 9.50 Å². The van der Waals surface area contributed by atoms with E-state index in [1.54, 1.807) is 30.3 Å². The highest BCUT2D eigenvalue weighted by Crippen LogP contribution is 2.29. The van der Waals surface area contributed by atoms with E-state index in [-0.39, 0.29) is 11.3 Å². The predicted octanol–water partition coefficient (Wildman–Crippen LogP) is 3.25. The molecule has 0 fully saturated rings. The second-order valence-electron chi connectivity index (χ2n) is 3.72. The van der Waals surface area contributed by atoms with Crippen molar-refractivity contribution in [2.45, 2.75) is 6.10 Å². The zero-order chi connectivity index (χ0) is 11.8. The van der Waals surface area contributed by atoms with Gasteiger partial charge in [-0.2, -0.15) is 0 Å². The third-order valence-electron chi connectivity index (χ3n) is 2.60. The summed E-state index contributed by atoms with van der Waals surface area (Å²) in [6.07, 6.45) is 0.443. The molecule has 1 unspecified atom stereocenters. The molecule has 0 radical (unpaired) electrons. The maximum Gasteiger partial charge on any atom is 0.170 e. The van der Waals surface area contributed by atoms with E-state index >= 15 is 0 Å². The van der Waals surface area contributed by atoms with E-state index in [2.05, 4.69) is 0 Å². The molecule has 0 bridgehead atoms. The first-order valence-corrected chi connectivity index (χ1v) is 5.15. The minimum absolute atomic E-state index is 0.146. The van der Waals surface area contributed by atoms with Gasteiger partial charge in [0.1, 0.15) is 11.5 Å². The quantitative estimate of drug-likeness (QED) is 0.737. The number of aliphatic hydroxyl groups excluding tert-OH is 1. The molecule has 0 spiro atoms. The van der Waals surface area contributed by atoms with Gasteiger partial charge in [-0.05, 0) is 24.3 Å². The maximum absolute atomic E-state index is 13.4. The van der Waals surface area contributed by atoms with Crippen LogP contribution in [0.4, 0.5) is 4.39 Å². The summed E-state index contributed by atoms with van der Waals surface area (Å²) in [5.74, 6) is 0.185. The standard InChI is InChI=1S/C13H9FO3/c14-9-4-1-3-8-7-11(17-13(8)9)12(15)10-5-2-6-16-10/h1-7,12,15H. The molecule has 3 aromatic rings. The van der Waals surface area contributed by atoms with Gasteiger partial charge >= 0.3 is 0 Å². The Labute approximate surface area is 96.1 Å². The minimum atomic E-state index is -1.02. The van der Waals surface area contributed by atoms with Crippen LogP contribution in [0.15, 0.2) is 51.5 Å². The van der Waals surface area contributed by atoms with E-state index in [1.165, 1.54) is 12.3 Å². The number of fused-ring (bicyclic) bond motifs is 1. The predicted molar refractivity (Wildman–Crippen MR) is 58.9 cm³/mol. The number of rotatable bonds is 2. The molecule has 1 N–H and O–H groups in total. The molecule has 0 aliphatic rings. The van der Waals surface area contributed by atoms with Crippen LogP contribution < -0.4 is 0 Å². The van der Waals surface area contributed by atoms with Crippen LogP contribution in [-0.2, 0) is 0 Å². The Morgan fingerprint density at radius 2 is 2.00 bits per heavy atom. The highest BCUT2D eigenvalue weighted by molar-refractivity contribution is 5.78. The molecule has 3 rings (SSSR count). The molecule has 0 aliphatic carbocycles. The smallest absolute Gasteiger partial charge is 0.170 e. The summed E-state index contributed by atoms with van der Waals surface area (Å²) >= 11 is 0. The van der Waals surface area contributed by atoms with Crippen LogP contribution >= 0.6 is 0 Å². The fourth-order valence-electron chi connectivity index (χ4n) is 1.77. The van der Waals surface area contributed by atoms with Crippen molar-refractivity contribution in [1.29, 1.82) is 0 Å². The average molecular weight is 232 g/mol. The van der Waals surface area contributed by atoms with Crippen molar-refractivity contribution in [3.8, 4) is 0 Å². The monoisotopic (exact) mass is 232 g/mol. The lowest BCUT2D eigenvalue weighted by atomic mass is 10.2. The largest absolute Gasteiger partial charge is 0.466 e. The van der Waals surface area contributed by atoms with Crippen molar-refractivity contribution in [2.75, 3.05) is 0 Å². The van der Waals surface area contributed by atoms with Crippen LogP contribution in [0.2, 0.25) is 0 Å².